The number of hydrogen-bond donors (Lipinski definition) is 1. The Morgan fingerprint density at radius 1 is 1.00 bits per heavy atom. The lowest BCUT2D eigenvalue weighted by Gasteiger charge is -2.25. The Kier molecular flexibility index (Phi) is 6.39. The van der Waals surface area contributed by atoms with E-state index in [0.717, 1.165) is 0 Å². The van der Waals surface area contributed by atoms with Gasteiger partial charge in [0.2, 0.25) is 0 Å². The van der Waals surface area contributed by atoms with Gasteiger partial charge in [-0.1, -0.05) is 30.3 Å². The fourth-order valence-corrected chi connectivity index (χ4v) is 2.38. The van der Waals surface area contributed by atoms with Crippen molar-refractivity contribution in [3.05, 3.63) is 60.2 Å². The highest BCUT2D eigenvalue weighted by atomic mass is 16.6. The van der Waals surface area contributed by atoms with E-state index in [0.29, 0.717) is 17.0 Å². The van der Waals surface area contributed by atoms with E-state index in [1.54, 1.807) is 76.4 Å². The molecule has 0 bridgehead atoms. The molecule has 0 fully saturated rings. The molecule has 0 aliphatic heterocycles. The van der Waals surface area contributed by atoms with Crippen molar-refractivity contribution in [1.29, 1.82) is 0 Å². The van der Waals surface area contributed by atoms with Gasteiger partial charge in [-0.25, -0.2) is 4.79 Å². The Labute approximate surface area is 154 Å². The topological polar surface area (TPSA) is 64.6 Å². The molecular formula is C21H25NO4. The molecule has 0 aromatic heterocycles. The number of rotatable bonds is 7. The fourth-order valence-electron chi connectivity index (χ4n) is 2.38. The first-order valence-corrected chi connectivity index (χ1v) is 8.50. The third kappa shape index (κ3) is 5.92. The Balaban J connectivity index is 2.17. The van der Waals surface area contributed by atoms with Crippen LogP contribution in [0.25, 0.3) is 0 Å². The van der Waals surface area contributed by atoms with E-state index in [9.17, 15) is 9.59 Å². The zero-order valence-electron chi connectivity index (χ0n) is 15.6. The molecule has 0 spiro atoms. The summed E-state index contributed by atoms with van der Waals surface area (Å²) in [6, 6.07) is 15.3. The maximum Gasteiger partial charge on any atom is 0.329 e. The van der Waals surface area contributed by atoms with E-state index in [2.05, 4.69) is 5.32 Å². The number of ketones is 1. The van der Waals surface area contributed by atoms with Crippen LogP contribution >= 0.6 is 0 Å². The van der Waals surface area contributed by atoms with E-state index in [4.69, 9.17) is 9.47 Å². The molecule has 0 amide bonds. The van der Waals surface area contributed by atoms with Crippen molar-refractivity contribution in [3.63, 3.8) is 0 Å². The molecule has 2 rings (SSSR count). The second-order valence-electron chi connectivity index (χ2n) is 6.95. The second-order valence-corrected chi connectivity index (χ2v) is 6.95. The summed E-state index contributed by atoms with van der Waals surface area (Å²) in [5, 5.41) is 3.10. The summed E-state index contributed by atoms with van der Waals surface area (Å²) >= 11 is 0. The highest BCUT2D eigenvalue weighted by molar-refractivity contribution is 5.99. The van der Waals surface area contributed by atoms with E-state index < -0.39 is 17.6 Å². The molecule has 5 nitrogen and oxygen atoms in total. The largest absolute Gasteiger partial charge is 0.497 e. The lowest BCUT2D eigenvalue weighted by atomic mass is 10.0. The van der Waals surface area contributed by atoms with Crippen molar-refractivity contribution >= 4 is 17.4 Å². The normalized spacial score (nSPS) is 12.2. The van der Waals surface area contributed by atoms with Gasteiger partial charge < -0.3 is 14.8 Å². The number of esters is 1. The Morgan fingerprint density at radius 2 is 1.62 bits per heavy atom. The lowest BCUT2D eigenvalue weighted by molar-refractivity contribution is -0.155. The van der Waals surface area contributed by atoms with Crippen LogP contribution in [-0.4, -0.2) is 30.5 Å². The number of carbonyl (C=O) groups excluding carboxylic acids is 2. The van der Waals surface area contributed by atoms with Gasteiger partial charge in [0, 0.05) is 17.7 Å². The monoisotopic (exact) mass is 355 g/mol. The summed E-state index contributed by atoms with van der Waals surface area (Å²) in [7, 11) is 1.59. The number of ether oxygens (including phenoxy) is 2. The SMILES string of the molecule is COc1ccc(NC(CC(=O)c2ccccc2)C(=O)OC(C)(C)C)cc1. The summed E-state index contributed by atoms with van der Waals surface area (Å²) in [5.74, 6) is 0.129. The highest BCUT2D eigenvalue weighted by Gasteiger charge is 2.27. The first-order valence-electron chi connectivity index (χ1n) is 8.50. The minimum absolute atomic E-state index is 0.00492. The molecule has 1 unspecified atom stereocenters. The molecule has 0 radical (unpaired) electrons. The standard InChI is InChI=1S/C21H25NO4/c1-21(2,3)26-20(24)18(14-19(23)15-8-6-5-7-9-15)22-16-10-12-17(25-4)13-11-16/h5-13,18,22H,14H2,1-4H3. The van der Waals surface area contributed by atoms with E-state index in [1.807, 2.05) is 6.07 Å². The van der Waals surface area contributed by atoms with Gasteiger partial charge in [0.05, 0.1) is 7.11 Å². The summed E-state index contributed by atoms with van der Waals surface area (Å²) in [6.45, 7) is 5.40. The first kappa shape index (κ1) is 19.5. The molecule has 0 saturated carbocycles. The maximum absolute atomic E-state index is 12.6. The van der Waals surface area contributed by atoms with Gasteiger partial charge in [0.25, 0.3) is 0 Å². The highest BCUT2D eigenvalue weighted by Crippen LogP contribution is 2.19. The molecule has 0 aliphatic rings. The van der Waals surface area contributed by atoms with Crippen molar-refractivity contribution in [1.82, 2.24) is 0 Å². The Morgan fingerprint density at radius 3 is 2.15 bits per heavy atom. The van der Waals surface area contributed by atoms with Crippen LogP contribution < -0.4 is 10.1 Å². The zero-order chi connectivity index (χ0) is 19.2. The van der Waals surface area contributed by atoms with Crippen molar-refractivity contribution in [3.8, 4) is 5.75 Å². The minimum Gasteiger partial charge on any atom is -0.497 e. The number of carbonyl (C=O) groups is 2. The maximum atomic E-state index is 12.6. The second kappa shape index (κ2) is 8.52. The predicted molar refractivity (Wildman–Crippen MR) is 102 cm³/mol. The van der Waals surface area contributed by atoms with Gasteiger partial charge in [0.15, 0.2) is 5.78 Å². The number of benzene rings is 2. The minimum atomic E-state index is -0.782. The smallest absolute Gasteiger partial charge is 0.329 e. The van der Waals surface area contributed by atoms with Crippen molar-refractivity contribution in [2.75, 3.05) is 12.4 Å². The van der Waals surface area contributed by atoms with Crippen LogP contribution in [0.2, 0.25) is 0 Å². The summed E-state index contributed by atoms with van der Waals surface area (Å²) in [4.78, 5) is 25.1. The van der Waals surface area contributed by atoms with Crippen LogP contribution in [0.15, 0.2) is 54.6 Å². The fraction of sp³-hybridized carbons (Fsp3) is 0.333. The van der Waals surface area contributed by atoms with Gasteiger partial charge >= 0.3 is 5.97 Å². The summed E-state index contributed by atoms with van der Waals surface area (Å²) in [5.41, 5.74) is 0.646. The zero-order valence-corrected chi connectivity index (χ0v) is 15.6. The van der Waals surface area contributed by atoms with E-state index in [-0.39, 0.29) is 12.2 Å². The first-order chi connectivity index (χ1) is 12.3. The number of hydrogen-bond acceptors (Lipinski definition) is 5. The molecular weight excluding hydrogens is 330 g/mol. The van der Waals surface area contributed by atoms with Gasteiger partial charge in [-0.2, -0.15) is 0 Å². The average Bonchev–Trinajstić information content (AvgIpc) is 2.61. The third-order valence-electron chi connectivity index (χ3n) is 3.61. The van der Waals surface area contributed by atoms with Gasteiger partial charge in [-0.05, 0) is 45.0 Å². The van der Waals surface area contributed by atoms with Crippen molar-refractivity contribution in [2.45, 2.75) is 38.8 Å². The molecule has 26 heavy (non-hydrogen) atoms. The quantitative estimate of drug-likeness (QED) is 0.599. The van der Waals surface area contributed by atoms with Crippen LogP contribution in [0.4, 0.5) is 5.69 Å². The van der Waals surface area contributed by atoms with Crippen LogP contribution in [0.3, 0.4) is 0 Å². The third-order valence-corrected chi connectivity index (χ3v) is 3.61. The molecule has 2 aromatic rings. The predicted octanol–water partition coefficient (Wildman–Crippen LogP) is 4.09. The molecule has 0 heterocycles. The van der Waals surface area contributed by atoms with Crippen molar-refractivity contribution in [2.24, 2.45) is 0 Å². The van der Waals surface area contributed by atoms with Crippen LogP contribution in [0, 0.1) is 0 Å². The molecule has 0 aliphatic carbocycles. The van der Waals surface area contributed by atoms with E-state index >= 15 is 0 Å². The summed E-state index contributed by atoms with van der Waals surface area (Å²) < 4.78 is 10.6. The van der Waals surface area contributed by atoms with E-state index in [1.165, 1.54) is 0 Å². The summed E-state index contributed by atoms with van der Waals surface area (Å²) in [6.07, 6.45) is 0.00492. The number of anilines is 1. The van der Waals surface area contributed by atoms with Gasteiger partial charge in [-0.15, -0.1) is 0 Å². The molecule has 2 aromatic carbocycles. The van der Waals surface area contributed by atoms with Crippen LogP contribution in [0.1, 0.15) is 37.6 Å². The number of nitrogens with one attached hydrogen (secondary N) is 1. The van der Waals surface area contributed by atoms with Crippen LogP contribution in [0.5, 0.6) is 5.75 Å². The Bertz CT molecular complexity index is 733. The van der Waals surface area contributed by atoms with Crippen LogP contribution in [-0.2, 0) is 9.53 Å². The molecule has 0 saturated heterocycles. The number of Topliss-reactive ketones (excluding diaryl/α,β-unsaturated/α-hetero) is 1. The Hall–Kier alpha value is -2.82. The average molecular weight is 355 g/mol. The molecule has 1 N–H and O–H groups in total. The lowest BCUT2D eigenvalue weighted by Crippen LogP contribution is -2.38. The molecule has 138 valence electrons. The molecule has 5 heteroatoms. The number of methoxy groups -OCH3 is 1. The van der Waals surface area contributed by atoms with Gasteiger partial charge in [0.1, 0.15) is 17.4 Å². The van der Waals surface area contributed by atoms with Crippen molar-refractivity contribution < 1.29 is 19.1 Å². The van der Waals surface area contributed by atoms with Gasteiger partial charge in [-0.3, -0.25) is 4.79 Å². The molecule has 1 atom stereocenters.